The SMILES string of the molecule is Cc1cnc(C)c(N[C@H](C)[C@H]2C[C@@H]3CC[C@@H]2C3)n1. The van der Waals surface area contributed by atoms with Crippen molar-refractivity contribution in [2.24, 2.45) is 17.8 Å². The molecule has 98 valence electrons. The van der Waals surface area contributed by atoms with Gasteiger partial charge in [0.25, 0.3) is 0 Å². The predicted octanol–water partition coefficient (Wildman–Crippen LogP) is 3.33. The number of hydrogen-bond donors (Lipinski definition) is 1. The van der Waals surface area contributed by atoms with Gasteiger partial charge in [-0.2, -0.15) is 0 Å². The lowest BCUT2D eigenvalue weighted by molar-refractivity contribution is 0.304. The number of aryl methyl sites for hydroxylation is 2. The van der Waals surface area contributed by atoms with Crippen molar-refractivity contribution in [3.63, 3.8) is 0 Å². The van der Waals surface area contributed by atoms with Gasteiger partial charge in [0, 0.05) is 12.2 Å². The van der Waals surface area contributed by atoms with Crippen LogP contribution in [0.5, 0.6) is 0 Å². The van der Waals surface area contributed by atoms with Gasteiger partial charge < -0.3 is 5.32 Å². The standard InChI is InChI=1S/C15H23N3/c1-9-8-16-11(3)15(17-9)18-10(2)14-7-12-4-5-13(14)6-12/h8,10,12-14H,4-7H2,1-3H3,(H,17,18)/t10-,12-,13-,14-/m1/s1. The highest BCUT2D eigenvalue weighted by atomic mass is 15.0. The summed E-state index contributed by atoms with van der Waals surface area (Å²) in [5.74, 6) is 3.78. The first-order valence-corrected chi connectivity index (χ1v) is 7.20. The van der Waals surface area contributed by atoms with Crippen LogP contribution < -0.4 is 5.32 Å². The van der Waals surface area contributed by atoms with Crippen LogP contribution in [0, 0.1) is 31.6 Å². The van der Waals surface area contributed by atoms with E-state index >= 15 is 0 Å². The average molecular weight is 245 g/mol. The molecule has 1 aromatic rings. The summed E-state index contributed by atoms with van der Waals surface area (Å²) in [4.78, 5) is 8.95. The summed E-state index contributed by atoms with van der Waals surface area (Å²) in [5, 5.41) is 3.60. The van der Waals surface area contributed by atoms with Crippen LogP contribution in [0.1, 0.15) is 44.0 Å². The first-order chi connectivity index (χ1) is 8.63. The molecule has 0 unspecified atom stereocenters. The Morgan fingerprint density at radius 1 is 1.28 bits per heavy atom. The molecule has 2 saturated carbocycles. The third-order valence-corrected chi connectivity index (χ3v) is 4.88. The Bertz CT molecular complexity index is 443. The van der Waals surface area contributed by atoms with Gasteiger partial charge in [-0.05, 0) is 57.8 Å². The Morgan fingerprint density at radius 2 is 2.11 bits per heavy atom. The Labute approximate surface area is 109 Å². The van der Waals surface area contributed by atoms with E-state index in [4.69, 9.17) is 0 Å². The van der Waals surface area contributed by atoms with Crippen LogP contribution in [-0.2, 0) is 0 Å². The van der Waals surface area contributed by atoms with E-state index in [1.807, 2.05) is 20.0 Å². The van der Waals surface area contributed by atoms with E-state index in [0.717, 1.165) is 35.0 Å². The molecule has 18 heavy (non-hydrogen) atoms. The van der Waals surface area contributed by atoms with E-state index < -0.39 is 0 Å². The van der Waals surface area contributed by atoms with Crippen molar-refractivity contribution in [3.8, 4) is 0 Å². The van der Waals surface area contributed by atoms with Crippen molar-refractivity contribution in [3.05, 3.63) is 17.6 Å². The number of nitrogens with zero attached hydrogens (tertiary/aromatic N) is 2. The van der Waals surface area contributed by atoms with Crippen molar-refractivity contribution in [2.75, 3.05) is 5.32 Å². The molecule has 0 radical (unpaired) electrons. The molecule has 0 amide bonds. The molecule has 2 fully saturated rings. The van der Waals surface area contributed by atoms with Crippen LogP contribution in [0.15, 0.2) is 6.20 Å². The zero-order chi connectivity index (χ0) is 12.7. The third kappa shape index (κ3) is 2.11. The molecule has 0 aliphatic heterocycles. The molecule has 0 aromatic carbocycles. The molecule has 3 rings (SSSR count). The molecule has 0 saturated heterocycles. The van der Waals surface area contributed by atoms with Crippen LogP contribution in [0.4, 0.5) is 5.82 Å². The van der Waals surface area contributed by atoms with E-state index in [0.29, 0.717) is 6.04 Å². The highest BCUT2D eigenvalue weighted by Gasteiger charge is 2.41. The fraction of sp³-hybridized carbons (Fsp3) is 0.733. The van der Waals surface area contributed by atoms with Crippen molar-refractivity contribution >= 4 is 5.82 Å². The topological polar surface area (TPSA) is 37.8 Å². The second-order valence-corrected chi connectivity index (χ2v) is 6.22. The molecule has 1 aromatic heterocycles. The molecule has 2 aliphatic carbocycles. The molecular weight excluding hydrogens is 222 g/mol. The summed E-state index contributed by atoms with van der Waals surface area (Å²) in [6, 6.07) is 0.523. The number of fused-ring (bicyclic) bond motifs is 2. The predicted molar refractivity (Wildman–Crippen MR) is 73.5 cm³/mol. The van der Waals surface area contributed by atoms with Crippen LogP contribution in [0.3, 0.4) is 0 Å². The lowest BCUT2D eigenvalue weighted by Gasteiger charge is -2.29. The number of aromatic nitrogens is 2. The maximum absolute atomic E-state index is 4.57. The van der Waals surface area contributed by atoms with Gasteiger partial charge in [0.2, 0.25) is 0 Å². The summed E-state index contributed by atoms with van der Waals surface area (Å²) in [6.45, 7) is 6.34. The zero-order valence-corrected chi connectivity index (χ0v) is 11.6. The number of rotatable bonds is 3. The van der Waals surface area contributed by atoms with Gasteiger partial charge in [0.05, 0.1) is 11.4 Å². The first kappa shape index (κ1) is 11.9. The van der Waals surface area contributed by atoms with Gasteiger partial charge >= 0.3 is 0 Å². The number of anilines is 1. The smallest absolute Gasteiger partial charge is 0.147 e. The molecule has 0 spiro atoms. The summed E-state index contributed by atoms with van der Waals surface area (Å²) in [5.41, 5.74) is 2.00. The number of hydrogen-bond acceptors (Lipinski definition) is 3. The fourth-order valence-corrected chi connectivity index (χ4v) is 3.90. The van der Waals surface area contributed by atoms with Crippen molar-refractivity contribution in [2.45, 2.75) is 52.5 Å². The fourth-order valence-electron chi connectivity index (χ4n) is 3.90. The Kier molecular flexibility index (Phi) is 3.00. The second-order valence-electron chi connectivity index (χ2n) is 6.22. The monoisotopic (exact) mass is 245 g/mol. The quantitative estimate of drug-likeness (QED) is 0.887. The van der Waals surface area contributed by atoms with Gasteiger partial charge in [-0.25, -0.2) is 4.98 Å². The van der Waals surface area contributed by atoms with E-state index in [1.54, 1.807) is 0 Å². The highest BCUT2D eigenvalue weighted by Crippen LogP contribution is 2.49. The minimum absolute atomic E-state index is 0.523. The maximum Gasteiger partial charge on any atom is 0.147 e. The molecule has 2 bridgehead atoms. The van der Waals surface area contributed by atoms with Crippen LogP contribution >= 0.6 is 0 Å². The van der Waals surface area contributed by atoms with E-state index in [1.165, 1.54) is 25.7 Å². The molecule has 4 atom stereocenters. The molecule has 1 N–H and O–H groups in total. The second kappa shape index (κ2) is 4.52. The van der Waals surface area contributed by atoms with Crippen LogP contribution in [-0.4, -0.2) is 16.0 Å². The third-order valence-electron chi connectivity index (χ3n) is 4.88. The van der Waals surface area contributed by atoms with Crippen molar-refractivity contribution in [1.82, 2.24) is 9.97 Å². The maximum atomic E-state index is 4.57. The average Bonchev–Trinajstić information content (AvgIpc) is 2.96. The first-order valence-electron chi connectivity index (χ1n) is 7.20. The lowest BCUT2D eigenvalue weighted by Crippen LogP contribution is -2.30. The lowest BCUT2D eigenvalue weighted by atomic mass is 9.84. The van der Waals surface area contributed by atoms with Gasteiger partial charge in [-0.15, -0.1) is 0 Å². The largest absolute Gasteiger partial charge is 0.366 e. The van der Waals surface area contributed by atoms with E-state index in [2.05, 4.69) is 22.2 Å². The molecule has 1 heterocycles. The summed E-state index contributed by atoms with van der Waals surface area (Å²) in [7, 11) is 0. The minimum atomic E-state index is 0.523. The van der Waals surface area contributed by atoms with Gasteiger partial charge in [-0.3, -0.25) is 4.98 Å². The summed E-state index contributed by atoms with van der Waals surface area (Å²) >= 11 is 0. The van der Waals surface area contributed by atoms with E-state index in [9.17, 15) is 0 Å². The zero-order valence-electron chi connectivity index (χ0n) is 11.6. The summed E-state index contributed by atoms with van der Waals surface area (Å²) < 4.78 is 0. The molecule has 2 aliphatic rings. The normalized spacial score (nSPS) is 31.6. The van der Waals surface area contributed by atoms with Crippen LogP contribution in [0.25, 0.3) is 0 Å². The Balaban J connectivity index is 1.70. The van der Waals surface area contributed by atoms with E-state index in [-0.39, 0.29) is 0 Å². The summed E-state index contributed by atoms with van der Waals surface area (Å²) in [6.07, 6.45) is 7.63. The van der Waals surface area contributed by atoms with Crippen molar-refractivity contribution in [1.29, 1.82) is 0 Å². The Morgan fingerprint density at radius 3 is 2.78 bits per heavy atom. The van der Waals surface area contributed by atoms with Gasteiger partial charge in [-0.1, -0.05) is 6.42 Å². The highest BCUT2D eigenvalue weighted by molar-refractivity contribution is 5.40. The molecular formula is C15H23N3. The minimum Gasteiger partial charge on any atom is -0.366 e. The molecule has 3 nitrogen and oxygen atoms in total. The number of nitrogens with one attached hydrogen (secondary N) is 1. The Hall–Kier alpha value is -1.12. The van der Waals surface area contributed by atoms with Gasteiger partial charge in [0.1, 0.15) is 5.82 Å². The molecule has 3 heteroatoms. The van der Waals surface area contributed by atoms with Gasteiger partial charge in [0.15, 0.2) is 0 Å². The van der Waals surface area contributed by atoms with Crippen LogP contribution in [0.2, 0.25) is 0 Å². The van der Waals surface area contributed by atoms with Crippen molar-refractivity contribution < 1.29 is 0 Å².